The second kappa shape index (κ2) is 6.94. The van der Waals surface area contributed by atoms with Crippen LogP contribution in [0.15, 0.2) is 16.0 Å². The van der Waals surface area contributed by atoms with Crippen molar-refractivity contribution >= 4 is 27.3 Å². The maximum atomic E-state index is 5.53. The quantitative estimate of drug-likeness (QED) is 0.822. The summed E-state index contributed by atoms with van der Waals surface area (Å²) in [7, 11) is 1.70. The second-order valence-electron chi connectivity index (χ2n) is 5.23. The minimum atomic E-state index is 0.0878. The lowest BCUT2D eigenvalue weighted by Crippen LogP contribution is -2.25. The van der Waals surface area contributed by atoms with Crippen molar-refractivity contribution in [2.45, 2.75) is 39.8 Å². The molecule has 1 atom stereocenters. The standard InChI is InChI=1S/C15H22BrN3OS/c1-6-17-13(12-7-10(4)15(16)21-12)14-11(20-5)8-18-19(14)9(2)3/h7-9,13,17H,6H2,1-5H3. The van der Waals surface area contributed by atoms with Crippen LogP contribution in [0, 0.1) is 6.92 Å². The molecule has 0 aliphatic carbocycles. The van der Waals surface area contributed by atoms with E-state index in [2.05, 4.69) is 60.1 Å². The molecule has 2 aromatic rings. The van der Waals surface area contributed by atoms with E-state index in [9.17, 15) is 0 Å². The molecule has 0 radical (unpaired) electrons. The summed E-state index contributed by atoms with van der Waals surface area (Å²) in [5.74, 6) is 0.830. The number of halogens is 1. The van der Waals surface area contributed by atoms with Crippen LogP contribution in [0.3, 0.4) is 0 Å². The molecule has 0 bridgehead atoms. The van der Waals surface area contributed by atoms with Crippen LogP contribution in [0.4, 0.5) is 0 Å². The summed E-state index contributed by atoms with van der Waals surface area (Å²) in [5, 5.41) is 8.05. The number of nitrogens with one attached hydrogen (secondary N) is 1. The molecule has 0 aliphatic heterocycles. The molecule has 21 heavy (non-hydrogen) atoms. The molecule has 0 aliphatic rings. The van der Waals surface area contributed by atoms with Crippen molar-refractivity contribution in [2.75, 3.05) is 13.7 Å². The Hall–Kier alpha value is -0.850. The average molecular weight is 372 g/mol. The molecule has 0 saturated heterocycles. The third kappa shape index (κ3) is 3.33. The minimum absolute atomic E-state index is 0.0878. The predicted octanol–water partition coefficient (Wildman–Crippen LogP) is 4.30. The van der Waals surface area contributed by atoms with Gasteiger partial charge >= 0.3 is 0 Å². The molecule has 4 nitrogen and oxygen atoms in total. The van der Waals surface area contributed by atoms with E-state index in [1.54, 1.807) is 24.6 Å². The zero-order chi connectivity index (χ0) is 15.6. The number of thiophene rings is 1. The van der Waals surface area contributed by atoms with E-state index in [4.69, 9.17) is 4.74 Å². The van der Waals surface area contributed by atoms with Gasteiger partial charge in [-0.05, 0) is 54.9 Å². The van der Waals surface area contributed by atoms with Gasteiger partial charge in [0.2, 0.25) is 0 Å². The summed E-state index contributed by atoms with van der Waals surface area (Å²) >= 11 is 5.38. The lowest BCUT2D eigenvalue weighted by molar-refractivity contribution is 0.395. The monoisotopic (exact) mass is 371 g/mol. The van der Waals surface area contributed by atoms with E-state index in [1.807, 2.05) is 4.68 Å². The van der Waals surface area contributed by atoms with Crippen molar-refractivity contribution in [3.05, 3.63) is 32.2 Å². The first-order valence-electron chi connectivity index (χ1n) is 7.10. The molecule has 0 aromatic carbocycles. The Kier molecular flexibility index (Phi) is 5.46. The molecule has 0 amide bonds. The molecule has 2 rings (SSSR count). The number of methoxy groups -OCH3 is 1. The molecular weight excluding hydrogens is 350 g/mol. The maximum Gasteiger partial charge on any atom is 0.161 e. The second-order valence-corrected chi connectivity index (χ2v) is 7.63. The fourth-order valence-corrected chi connectivity index (χ4v) is 4.01. The Bertz CT molecular complexity index is 587. The van der Waals surface area contributed by atoms with Gasteiger partial charge in [0.05, 0.1) is 23.1 Å². The third-order valence-corrected chi connectivity index (χ3v) is 5.55. The van der Waals surface area contributed by atoms with Gasteiger partial charge in [-0.1, -0.05) is 6.92 Å². The van der Waals surface area contributed by atoms with E-state index >= 15 is 0 Å². The highest BCUT2D eigenvalue weighted by atomic mass is 79.9. The van der Waals surface area contributed by atoms with Crippen molar-refractivity contribution in [3.8, 4) is 5.75 Å². The van der Waals surface area contributed by atoms with Crippen molar-refractivity contribution in [1.82, 2.24) is 15.1 Å². The van der Waals surface area contributed by atoms with Crippen molar-refractivity contribution in [1.29, 1.82) is 0 Å². The van der Waals surface area contributed by atoms with E-state index in [-0.39, 0.29) is 12.1 Å². The van der Waals surface area contributed by atoms with Crippen LogP contribution in [-0.4, -0.2) is 23.4 Å². The Morgan fingerprint density at radius 1 is 1.48 bits per heavy atom. The van der Waals surface area contributed by atoms with Crippen LogP contribution in [0.5, 0.6) is 5.75 Å². The lowest BCUT2D eigenvalue weighted by Gasteiger charge is -2.21. The summed E-state index contributed by atoms with van der Waals surface area (Å²) < 4.78 is 8.74. The Balaban J connectivity index is 2.54. The number of rotatable bonds is 6. The number of ether oxygens (including phenoxy) is 1. The smallest absolute Gasteiger partial charge is 0.161 e. The summed E-state index contributed by atoms with van der Waals surface area (Å²) in [5.41, 5.74) is 2.34. The minimum Gasteiger partial charge on any atom is -0.493 e. The first-order valence-corrected chi connectivity index (χ1v) is 8.71. The lowest BCUT2D eigenvalue weighted by atomic mass is 10.1. The SMILES string of the molecule is CCNC(c1cc(C)c(Br)s1)c1c(OC)cnn1C(C)C. The molecule has 2 aromatic heterocycles. The van der Waals surface area contributed by atoms with Gasteiger partial charge in [-0.2, -0.15) is 5.10 Å². The van der Waals surface area contributed by atoms with Crippen LogP contribution in [0.2, 0.25) is 0 Å². The molecular formula is C15H22BrN3OS. The van der Waals surface area contributed by atoms with Crippen molar-refractivity contribution < 1.29 is 4.74 Å². The largest absolute Gasteiger partial charge is 0.493 e. The molecule has 1 unspecified atom stereocenters. The van der Waals surface area contributed by atoms with Gasteiger partial charge in [-0.3, -0.25) is 4.68 Å². The summed E-state index contributed by atoms with van der Waals surface area (Å²) in [4.78, 5) is 1.27. The average Bonchev–Trinajstić information content (AvgIpc) is 3.00. The molecule has 6 heteroatoms. The predicted molar refractivity (Wildman–Crippen MR) is 91.4 cm³/mol. The molecule has 116 valence electrons. The number of nitrogens with zero attached hydrogens (tertiary/aromatic N) is 2. The number of hydrogen-bond acceptors (Lipinski definition) is 4. The molecule has 1 N–H and O–H groups in total. The van der Waals surface area contributed by atoms with Crippen molar-refractivity contribution in [2.24, 2.45) is 0 Å². The topological polar surface area (TPSA) is 39.1 Å². The van der Waals surface area contributed by atoms with Crippen LogP contribution in [0.25, 0.3) is 0 Å². The fourth-order valence-electron chi connectivity index (χ4n) is 2.36. The van der Waals surface area contributed by atoms with Gasteiger partial charge in [0.1, 0.15) is 5.69 Å². The van der Waals surface area contributed by atoms with Gasteiger partial charge in [-0.25, -0.2) is 0 Å². The Labute approximate surface area is 138 Å². The van der Waals surface area contributed by atoms with E-state index in [0.717, 1.165) is 18.0 Å². The first-order chi connectivity index (χ1) is 9.99. The number of aromatic nitrogens is 2. The normalized spacial score (nSPS) is 12.9. The maximum absolute atomic E-state index is 5.53. The van der Waals surface area contributed by atoms with Gasteiger partial charge in [0.25, 0.3) is 0 Å². The molecule has 0 saturated carbocycles. The Morgan fingerprint density at radius 2 is 2.19 bits per heavy atom. The van der Waals surface area contributed by atoms with Crippen molar-refractivity contribution in [3.63, 3.8) is 0 Å². The summed E-state index contributed by atoms with van der Waals surface area (Å²) in [6, 6.07) is 2.60. The third-order valence-electron chi connectivity index (χ3n) is 3.35. The van der Waals surface area contributed by atoms with Gasteiger partial charge in [0, 0.05) is 10.9 Å². The molecule has 0 fully saturated rings. The molecule has 2 heterocycles. The number of hydrogen-bond donors (Lipinski definition) is 1. The summed E-state index contributed by atoms with van der Waals surface area (Å²) in [6.45, 7) is 9.38. The van der Waals surface area contributed by atoms with Crippen LogP contribution in [0.1, 0.15) is 49.0 Å². The highest BCUT2D eigenvalue weighted by molar-refractivity contribution is 9.11. The zero-order valence-electron chi connectivity index (χ0n) is 13.1. The Morgan fingerprint density at radius 3 is 2.67 bits per heavy atom. The van der Waals surface area contributed by atoms with E-state index in [1.165, 1.54) is 14.2 Å². The van der Waals surface area contributed by atoms with Gasteiger partial charge in [-0.15, -0.1) is 11.3 Å². The van der Waals surface area contributed by atoms with Crippen LogP contribution < -0.4 is 10.1 Å². The van der Waals surface area contributed by atoms with E-state index in [0.29, 0.717) is 0 Å². The fraction of sp³-hybridized carbons (Fsp3) is 0.533. The summed E-state index contributed by atoms with van der Waals surface area (Å²) in [6.07, 6.45) is 1.80. The van der Waals surface area contributed by atoms with Crippen LogP contribution in [-0.2, 0) is 0 Å². The number of aryl methyl sites for hydroxylation is 1. The van der Waals surface area contributed by atoms with E-state index < -0.39 is 0 Å². The zero-order valence-corrected chi connectivity index (χ0v) is 15.5. The molecule has 0 spiro atoms. The highest BCUT2D eigenvalue weighted by Gasteiger charge is 2.26. The van der Waals surface area contributed by atoms with Gasteiger partial charge in [0.15, 0.2) is 5.75 Å². The highest BCUT2D eigenvalue weighted by Crippen LogP contribution is 2.38. The van der Waals surface area contributed by atoms with Crippen LogP contribution >= 0.6 is 27.3 Å². The van der Waals surface area contributed by atoms with Gasteiger partial charge < -0.3 is 10.1 Å². The first kappa shape index (κ1) is 16.5.